The zero-order valence-corrected chi connectivity index (χ0v) is 9.53. The van der Waals surface area contributed by atoms with E-state index in [4.69, 9.17) is 0 Å². The summed E-state index contributed by atoms with van der Waals surface area (Å²) in [5, 5.41) is 2.78. The van der Waals surface area contributed by atoms with Gasteiger partial charge in [-0.05, 0) is 25.1 Å². The van der Waals surface area contributed by atoms with Gasteiger partial charge in [0.05, 0.1) is 11.0 Å². The molecule has 0 atom stereocenters. The van der Waals surface area contributed by atoms with E-state index in [9.17, 15) is 4.79 Å². The summed E-state index contributed by atoms with van der Waals surface area (Å²) in [7, 11) is 3.41. The molecule has 0 fully saturated rings. The number of nitrogens with one attached hydrogen (secondary N) is 2. The van der Waals surface area contributed by atoms with Crippen LogP contribution in [-0.2, 0) is 0 Å². The van der Waals surface area contributed by atoms with Gasteiger partial charge in [-0.3, -0.25) is 0 Å². The normalized spacial score (nSPS) is 10.4. The molecule has 5 nitrogen and oxygen atoms in total. The Morgan fingerprint density at radius 1 is 1.44 bits per heavy atom. The molecule has 2 amide bonds. The van der Waals surface area contributed by atoms with Gasteiger partial charge in [0.15, 0.2) is 0 Å². The molecule has 0 radical (unpaired) electrons. The lowest BCUT2D eigenvalue weighted by molar-refractivity contribution is 0.230. The SMILES string of the molecule is Cc1nc2ccc(NC(=O)N(C)C)cc2[nH]1. The zero-order valence-electron chi connectivity index (χ0n) is 9.53. The number of carbonyl (C=O) groups excluding carboxylic acids is 1. The van der Waals surface area contributed by atoms with Crippen LogP contribution in [0.25, 0.3) is 11.0 Å². The first-order valence-corrected chi connectivity index (χ1v) is 5.01. The molecule has 5 heteroatoms. The number of hydrogen-bond acceptors (Lipinski definition) is 2. The minimum absolute atomic E-state index is 0.143. The molecule has 0 aliphatic heterocycles. The summed E-state index contributed by atoms with van der Waals surface area (Å²) in [5.41, 5.74) is 2.59. The Morgan fingerprint density at radius 3 is 2.88 bits per heavy atom. The number of nitrogens with zero attached hydrogens (tertiary/aromatic N) is 2. The number of H-pyrrole nitrogens is 1. The monoisotopic (exact) mass is 218 g/mol. The van der Waals surface area contributed by atoms with Gasteiger partial charge in [-0.1, -0.05) is 0 Å². The number of aromatic nitrogens is 2. The number of carbonyl (C=O) groups is 1. The lowest BCUT2D eigenvalue weighted by Crippen LogP contribution is -2.27. The average molecular weight is 218 g/mol. The largest absolute Gasteiger partial charge is 0.342 e. The van der Waals surface area contributed by atoms with Crippen LogP contribution >= 0.6 is 0 Å². The summed E-state index contributed by atoms with van der Waals surface area (Å²) >= 11 is 0. The van der Waals surface area contributed by atoms with E-state index in [-0.39, 0.29) is 6.03 Å². The Hall–Kier alpha value is -2.04. The highest BCUT2D eigenvalue weighted by Gasteiger charge is 2.05. The van der Waals surface area contributed by atoms with E-state index < -0.39 is 0 Å². The lowest BCUT2D eigenvalue weighted by atomic mass is 10.3. The Bertz CT molecular complexity index is 530. The molecule has 0 saturated carbocycles. The number of aromatic amines is 1. The van der Waals surface area contributed by atoms with E-state index >= 15 is 0 Å². The maximum absolute atomic E-state index is 11.4. The predicted molar refractivity (Wildman–Crippen MR) is 63.5 cm³/mol. The van der Waals surface area contributed by atoms with Gasteiger partial charge in [0.2, 0.25) is 0 Å². The second-order valence-corrected chi connectivity index (χ2v) is 3.88. The van der Waals surface area contributed by atoms with Crippen molar-refractivity contribution in [1.29, 1.82) is 0 Å². The Morgan fingerprint density at radius 2 is 2.19 bits per heavy atom. The first kappa shape index (κ1) is 10.5. The van der Waals surface area contributed by atoms with Gasteiger partial charge >= 0.3 is 6.03 Å². The highest BCUT2D eigenvalue weighted by molar-refractivity contribution is 5.91. The Kier molecular flexibility index (Phi) is 2.52. The van der Waals surface area contributed by atoms with E-state index in [0.29, 0.717) is 0 Å². The number of amides is 2. The van der Waals surface area contributed by atoms with E-state index in [1.807, 2.05) is 25.1 Å². The van der Waals surface area contributed by atoms with Crippen molar-refractivity contribution in [1.82, 2.24) is 14.9 Å². The van der Waals surface area contributed by atoms with Crippen LogP contribution in [0.1, 0.15) is 5.82 Å². The number of anilines is 1. The molecular weight excluding hydrogens is 204 g/mol. The third kappa shape index (κ3) is 1.98. The van der Waals surface area contributed by atoms with Gasteiger partial charge in [0.25, 0.3) is 0 Å². The predicted octanol–water partition coefficient (Wildman–Crippen LogP) is 1.96. The van der Waals surface area contributed by atoms with Crippen LogP contribution in [0.5, 0.6) is 0 Å². The number of aryl methyl sites for hydroxylation is 1. The van der Waals surface area contributed by atoms with Crippen LogP contribution in [0.15, 0.2) is 18.2 Å². The third-order valence-electron chi connectivity index (χ3n) is 2.26. The maximum Gasteiger partial charge on any atom is 0.321 e. The van der Waals surface area contributed by atoms with E-state index in [1.165, 1.54) is 4.90 Å². The van der Waals surface area contributed by atoms with Crippen molar-refractivity contribution in [2.24, 2.45) is 0 Å². The summed E-state index contributed by atoms with van der Waals surface area (Å²) in [5.74, 6) is 0.867. The van der Waals surface area contributed by atoms with Crippen LogP contribution < -0.4 is 5.32 Å². The highest BCUT2D eigenvalue weighted by Crippen LogP contribution is 2.17. The van der Waals surface area contributed by atoms with E-state index in [1.54, 1.807) is 14.1 Å². The molecular formula is C11H14N4O. The van der Waals surface area contributed by atoms with Crippen LogP contribution in [0.2, 0.25) is 0 Å². The Labute approximate surface area is 93.5 Å². The second-order valence-electron chi connectivity index (χ2n) is 3.88. The van der Waals surface area contributed by atoms with Gasteiger partial charge in [0.1, 0.15) is 5.82 Å². The number of hydrogen-bond donors (Lipinski definition) is 2. The number of imidazole rings is 1. The molecule has 0 aliphatic carbocycles. The molecule has 0 saturated heterocycles. The van der Waals surface area contributed by atoms with Crippen molar-refractivity contribution in [3.63, 3.8) is 0 Å². The van der Waals surface area contributed by atoms with Crippen molar-refractivity contribution in [3.05, 3.63) is 24.0 Å². The standard InChI is InChI=1S/C11H14N4O/c1-7-12-9-5-4-8(6-10(9)13-7)14-11(16)15(2)3/h4-6H,1-3H3,(H,12,13)(H,14,16). The number of benzene rings is 1. The second kappa shape index (κ2) is 3.84. The van der Waals surface area contributed by atoms with Gasteiger partial charge in [-0.15, -0.1) is 0 Å². The summed E-state index contributed by atoms with van der Waals surface area (Å²) in [6, 6.07) is 5.45. The van der Waals surface area contributed by atoms with Crippen molar-refractivity contribution in [2.45, 2.75) is 6.92 Å². The summed E-state index contributed by atoms with van der Waals surface area (Å²) in [6.45, 7) is 1.90. The van der Waals surface area contributed by atoms with Crippen molar-refractivity contribution >= 4 is 22.8 Å². The minimum atomic E-state index is -0.143. The maximum atomic E-state index is 11.4. The van der Waals surface area contributed by atoms with Crippen LogP contribution in [-0.4, -0.2) is 35.0 Å². The van der Waals surface area contributed by atoms with Gasteiger partial charge < -0.3 is 15.2 Å². The van der Waals surface area contributed by atoms with E-state index in [0.717, 1.165) is 22.5 Å². The molecule has 1 heterocycles. The number of rotatable bonds is 1. The zero-order chi connectivity index (χ0) is 11.7. The molecule has 0 bridgehead atoms. The van der Waals surface area contributed by atoms with Crippen molar-refractivity contribution in [3.8, 4) is 0 Å². The number of urea groups is 1. The fraction of sp³-hybridized carbons (Fsp3) is 0.273. The average Bonchev–Trinajstić information content (AvgIpc) is 2.57. The molecule has 2 N–H and O–H groups in total. The molecule has 2 rings (SSSR count). The first-order valence-electron chi connectivity index (χ1n) is 5.01. The molecule has 16 heavy (non-hydrogen) atoms. The molecule has 84 valence electrons. The molecule has 0 aliphatic rings. The minimum Gasteiger partial charge on any atom is -0.342 e. The summed E-state index contributed by atoms with van der Waals surface area (Å²) in [4.78, 5) is 20.3. The number of fused-ring (bicyclic) bond motifs is 1. The van der Waals surface area contributed by atoms with Crippen molar-refractivity contribution < 1.29 is 4.79 Å². The summed E-state index contributed by atoms with van der Waals surface area (Å²) in [6.07, 6.45) is 0. The molecule has 1 aromatic carbocycles. The van der Waals surface area contributed by atoms with Gasteiger partial charge in [-0.25, -0.2) is 9.78 Å². The van der Waals surface area contributed by atoms with Gasteiger partial charge in [-0.2, -0.15) is 0 Å². The highest BCUT2D eigenvalue weighted by atomic mass is 16.2. The van der Waals surface area contributed by atoms with E-state index in [2.05, 4.69) is 15.3 Å². The topological polar surface area (TPSA) is 61.0 Å². The Balaban J connectivity index is 2.29. The fourth-order valence-electron chi connectivity index (χ4n) is 1.45. The third-order valence-corrected chi connectivity index (χ3v) is 2.26. The smallest absolute Gasteiger partial charge is 0.321 e. The quantitative estimate of drug-likeness (QED) is 0.768. The lowest BCUT2D eigenvalue weighted by Gasteiger charge is -2.11. The van der Waals surface area contributed by atoms with Crippen LogP contribution in [0.4, 0.5) is 10.5 Å². The molecule has 0 spiro atoms. The fourth-order valence-corrected chi connectivity index (χ4v) is 1.45. The first-order chi connectivity index (χ1) is 7.56. The molecule has 2 aromatic rings. The molecule has 1 aromatic heterocycles. The summed E-state index contributed by atoms with van der Waals surface area (Å²) < 4.78 is 0. The van der Waals surface area contributed by atoms with Crippen LogP contribution in [0, 0.1) is 6.92 Å². The molecule has 0 unspecified atom stereocenters. The van der Waals surface area contributed by atoms with Crippen LogP contribution in [0.3, 0.4) is 0 Å². The van der Waals surface area contributed by atoms with Crippen molar-refractivity contribution in [2.75, 3.05) is 19.4 Å². The van der Waals surface area contributed by atoms with Gasteiger partial charge in [0, 0.05) is 19.8 Å².